The van der Waals surface area contributed by atoms with E-state index in [1.807, 2.05) is 6.92 Å². The Morgan fingerprint density at radius 3 is 2.61 bits per heavy atom. The second-order valence-corrected chi connectivity index (χ2v) is 7.61. The van der Waals surface area contributed by atoms with Gasteiger partial charge in [0.05, 0.1) is 6.04 Å². The number of rotatable bonds is 4. The van der Waals surface area contributed by atoms with Gasteiger partial charge < -0.3 is 10.3 Å². The van der Waals surface area contributed by atoms with Gasteiger partial charge in [0, 0.05) is 11.9 Å². The highest BCUT2D eigenvalue weighted by molar-refractivity contribution is 7.71. The summed E-state index contributed by atoms with van der Waals surface area (Å²) < 4.78 is 15.2. The van der Waals surface area contributed by atoms with Crippen molar-refractivity contribution in [2.24, 2.45) is 0 Å². The summed E-state index contributed by atoms with van der Waals surface area (Å²) in [6, 6.07) is 12.3. The topological polar surface area (TPSA) is 49.8 Å². The van der Waals surface area contributed by atoms with E-state index < -0.39 is 0 Å². The van der Waals surface area contributed by atoms with Crippen molar-refractivity contribution in [3.63, 3.8) is 0 Å². The molecular formula is C22H22FN3OS. The van der Waals surface area contributed by atoms with Gasteiger partial charge in [0.25, 0.3) is 5.91 Å². The average Bonchev–Trinajstić information content (AvgIpc) is 3.09. The maximum Gasteiger partial charge on any atom is 0.270 e. The molecule has 1 heterocycles. The highest BCUT2D eigenvalue weighted by atomic mass is 32.1. The fourth-order valence-corrected chi connectivity index (χ4v) is 4.02. The number of hydrogen-bond acceptors (Lipinski definition) is 2. The lowest BCUT2D eigenvalue weighted by molar-refractivity contribution is 0.0933. The first-order valence-electron chi connectivity index (χ1n) is 9.52. The van der Waals surface area contributed by atoms with Crippen LogP contribution >= 0.6 is 12.2 Å². The maximum absolute atomic E-state index is 13.2. The number of nitrogens with one attached hydrogen (secondary N) is 2. The molecule has 0 fully saturated rings. The molecule has 1 atom stereocenters. The van der Waals surface area contributed by atoms with Gasteiger partial charge in [0.1, 0.15) is 11.5 Å². The number of carbonyl (C=O) groups is 1. The molecule has 1 amide bonds. The number of amides is 1. The molecule has 0 saturated carbocycles. The van der Waals surface area contributed by atoms with Gasteiger partial charge in [0.2, 0.25) is 0 Å². The van der Waals surface area contributed by atoms with Crippen LogP contribution in [-0.2, 0) is 12.8 Å². The third-order valence-electron chi connectivity index (χ3n) is 5.31. The fourth-order valence-electron chi connectivity index (χ4n) is 3.76. The Balaban J connectivity index is 1.57. The summed E-state index contributed by atoms with van der Waals surface area (Å²) in [5.74, 6) is -0.570. The summed E-state index contributed by atoms with van der Waals surface area (Å²) in [5.41, 5.74) is 4.93. The van der Waals surface area contributed by atoms with E-state index in [4.69, 9.17) is 12.2 Å². The molecule has 4 rings (SSSR count). The number of halogens is 1. The maximum atomic E-state index is 13.2. The number of aryl methyl sites for hydroxylation is 2. The van der Waals surface area contributed by atoms with E-state index in [9.17, 15) is 9.18 Å². The molecule has 2 aromatic carbocycles. The average molecular weight is 396 g/mol. The lowest BCUT2D eigenvalue weighted by Gasteiger charge is -2.20. The molecule has 1 aliphatic rings. The van der Waals surface area contributed by atoms with E-state index in [-0.39, 0.29) is 17.8 Å². The first-order chi connectivity index (χ1) is 13.5. The largest absolute Gasteiger partial charge is 0.344 e. The molecule has 0 radical (unpaired) electrons. The van der Waals surface area contributed by atoms with Crippen LogP contribution in [0.2, 0.25) is 0 Å². The van der Waals surface area contributed by atoms with Crippen LogP contribution in [-0.4, -0.2) is 15.5 Å². The molecule has 6 heteroatoms. The van der Waals surface area contributed by atoms with Crippen LogP contribution in [0.15, 0.2) is 48.7 Å². The molecule has 0 spiro atoms. The van der Waals surface area contributed by atoms with Crippen LogP contribution in [0.4, 0.5) is 4.39 Å². The zero-order valence-corrected chi connectivity index (χ0v) is 16.5. The highest BCUT2D eigenvalue weighted by Gasteiger charge is 2.18. The number of fused-ring (bicyclic) bond motifs is 1. The molecule has 2 N–H and O–H groups in total. The molecule has 0 unspecified atom stereocenters. The third kappa shape index (κ3) is 3.64. The van der Waals surface area contributed by atoms with E-state index in [1.54, 1.807) is 22.9 Å². The number of H-pyrrole nitrogens is 1. The van der Waals surface area contributed by atoms with Crippen LogP contribution in [0.25, 0.3) is 5.69 Å². The number of aromatic amines is 1. The number of imidazole rings is 1. The predicted molar refractivity (Wildman–Crippen MR) is 110 cm³/mol. The second-order valence-electron chi connectivity index (χ2n) is 7.22. The molecule has 4 nitrogen and oxygen atoms in total. The Kier molecular flexibility index (Phi) is 5.13. The molecule has 0 saturated heterocycles. The van der Waals surface area contributed by atoms with Crippen LogP contribution in [0.3, 0.4) is 0 Å². The number of nitrogens with zero attached hydrogens (tertiary/aromatic N) is 1. The van der Waals surface area contributed by atoms with Crippen LogP contribution < -0.4 is 5.32 Å². The van der Waals surface area contributed by atoms with Crippen LogP contribution in [0.5, 0.6) is 0 Å². The summed E-state index contributed by atoms with van der Waals surface area (Å²) in [5, 5.41) is 3.05. The molecule has 28 heavy (non-hydrogen) atoms. The van der Waals surface area contributed by atoms with E-state index in [2.05, 4.69) is 28.5 Å². The number of aromatic nitrogens is 2. The van der Waals surface area contributed by atoms with E-state index in [0.717, 1.165) is 18.4 Å². The van der Waals surface area contributed by atoms with E-state index in [1.165, 1.54) is 36.1 Å². The van der Waals surface area contributed by atoms with E-state index in [0.29, 0.717) is 16.2 Å². The Bertz CT molecular complexity index is 1070. The summed E-state index contributed by atoms with van der Waals surface area (Å²) in [6.45, 7) is 1.98. The minimum absolute atomic E-state index is 0.134. The Labute approximate surface area is 168 Å². The van der Waals surface area contributed by atoms with Crippen molar-refractivity contribution < 1.29 is 9.18 Å². The summed E-state index contributed by atoms with van der Waals surface area (Å²) in [4.78, 5) is 15.8. The third-order valence-corrected chi connectivity index (χ3v) is 5.61. The minimum atomic E-state index is -0.335. The Morgan fingerprint density at radius 2 is 1.86 bits per heavy atom. The number of carbonyl (C=O) groups excluding carboxylic acids is 1. The van der Waals surface area contributed by atoms with E-state index >= 15 is 0 Å². The standard InChI is InChI=1S/C22H22FN3OS/c1-14(16-7-6-15-4-2-3-5-17(15)12-16)25-21(27)20-13-24-22(28)26(20)19-10-8-18(23)9-11-19/h6-14H,2-5H2,1H3,(H,24,28)(H,25,27)/t14-/m0/s1. The lowest BCUT2D eigenvalue weighted by Crippen LogP contribution is -2.28. The van der Waals surface area contributed by atoms with Crippen molar-refractivity contribution in [3.8, 4) is 5.69 Å². The van der Waals surface area contributed by atoms with Crippen molar-refractivity contribution in [2.75, 3.05) is 0 Å². The van der Waals surface area contributed by atoms with Gasteiger partial charge in [-0.3, -0.25) is 9.36 Å². The molecule has 3 aromatic rings. The van der Waals surface area contributed by atoms with Crippen molar-refractivity contribution in [1.29, 1.82) is 0 Å². The van der Waals surface area contributed by atoms with Crippen LogP contribution in [0.1, 0.15) is 53.0 Å². The lowest BCUT2D eigenvalue weighted by atomic mass is 9.89. The van der Waals surface area contributed by atoms with Gasteiger partial charge in [-0.25, -0.2) is 4.39 Å². The monoisotopic (exact) mass is 395 g/mol. The Hall–Kier alpha value is -2.73. The molecule has 0 aliphatic heterocycles. The SMILES string of the molecule is C[C@H](NC(=O)c1c[nH]c(=S)n1-c1ccc(F)cc1)c1ccc2c(c1)CCCC2. The molecule has 0 bridgehead atoms. The van der Waals surface area contributed by atoms with Gasteiger partial charge in [-0.15, -0.1) is 0 Å². The number of hydrogen-bond donors (Lipinski definition) is 2. The Morgan fingerprint density at radius 1 is 1.14 bits per heavy atom. The molecule has 1 aliphatic carbocycles. The predicted octanol–water partition coefficient (Wildman–Crippen LogP) is 5.04. The molecular weight excluding hydrogens is 373 g/mol. The van der Waals surface area contributed by atoms with Crippen molar-refractivity contribution >= 4 is 18.1 Å². The van der Waals surface area contributed by atoms with Crippen molar-refractivity contribution in [3.05, 3.63) is 81.6 Å². The quantitative estimate of drug-likeness (QED) is 0.608. The van der Waals surface area contributed by atoms with Gasteiger partial charge >= 0.3 is 0 Å². The first kappa shape index (κ1) is 18.6. The van der Waals surface area contributed by atoms with Gasteiger partial charge in [-0.1, -0.05) is 18.2 Å². The molecule has 144 valence electrons. The van der Waals surface area contributed by atoms with Gasteiger partial charge in [-0.05, 0) is 85.8 Å². The number of benzene rings is 2. The minimum Gasteiger partial charge on any atom is -0.344 e. The first-order valence-corrected chi connectivity index (χ1v) is 9.92. The van der Waals surface area contributed by atoms with Gasteiger partial charge in [-0.2, -0.15) is 0 Å². The normalized spacial score (nSPS) is 14.4. The summed E-state index contributed by atoms with van der Waals surface area (Å²) in [7, 11) is 0. The zero-order chi connectivity index (χ0) is 19.7. The smallest absolute Gasteiger partial charge is 0.270 e. The summed E-state index contributed by atoms with van der Waals surface area (Å²) >= 11 is 5.31. The highest BCUT2D eigenvalue weighted by Crippen LogP contribution is 2.25. The van der Waals surface area contributed by atoms with Crippen molar-refractivity contribution in [1.82, 2.24) is 14.9 Å². The van der Waals surface area contributed by atoms with Crippen molar-refractivity contribution in [2.45, 2.75) is 38.6 Å². The fraction of sp³-hybridized carbons (Fsp3) is 0.273. The van der Waals surface area contributed by atoms with Gasteiger partial charge in [0.15, 0.2) is 4.77 Å². The summed E-state index contributed by atoms with van der Waals surface area (Å²) in [6.07, 6.45) is 6.30. The zero-order valence-electron chi connectivity index (χ0n) is 15.7. The second kappa shape index (κ2) is 7.72. The van der Waals surface area contributed by atoms with Crippen LogP contribution in [0, 0.1) is 10.6 Å². The molecule has 1 aromatic heterocycles.